The average molecular weight is 474 g/mol. The molecule has 1 atom stereocenters. The van der Waals surface area contributed by atoms with Crippen molar-refractivity contribution < 1.29 is 14.5 Å². The third-order valence-corrected chi connectivity index (χ3v) is 5.71. The number of esters is 1. The van der Waals surface area contributed by atoms with Crippen LogP contribution in [-0.4, -0.2) is 63.4 Å². The molecule has 10 heteroatoms. The highest BCUT2D eigenvalue weighted by atomic mass is 35.5. The molecular weight excluding hydrogens is 446 g/mol. The normalized spacial score (nSPS) is 15.3. The van der Waals surface area contributed by atoms with E-state index in [9.17, 15) is 14.9 Å². The van der Waals surface area contributed by atoms with Crippen LogP contribution in [0.3, 0.4) is 0 Å². The van der Waals surface area contributed by atoms with E-state index in [0.29, 0.717) is 42.9 Å². The molecule has 0 aliphatic carbocycles. The predicted octanol–water partition coefficient (Wildman–Crippen LogP) is 3.59. The number of pyridine rings is 1. The van der Waals surface area contributed by atoms with Crippen molar-refractivity contribution in [3.8, 4) is 5.75 Å². The molecule has 1 aromatic carbocycles. The Morgan fingerprint density at radius 2 is 2.00 bits per heavy atom. The Morgan fingerprint density at radius 3 is 2.58 bits per heavy atom. The summed E-state index contributed by atoms with van der Waals surface area (Å²) in [6.07, 6.45) is 2.13. The molecule has 0 bridgehead atoms. The van der Waals surface area contributed by atoms with Gasteiger partial charge in [0.2, 0.25) is 0 Å². The van der Waals surface area contributed by atoms with Crippen LogP contribution in [-0.2, 0) is 11.3 Å². The van der Waals surface area contributed by atoms with E-state index in [-0.39, 0.29) is 17.2 Å². The summed E-state index contributed by atoms with van der Waals surface area (Å²) >= 11 is 5.88. The number of rotatable bonds is 9. The number of aromatic nitrogens is 1. The van der Waals surface area contributed by atoms with Gasteiger partial charge in [-0.15, -0.1) is 0 Å². The summed E-state index contributed by atoms with van der Waals surface area (Å²) in [5.74, 6) is 0.550. The first kappa shape index (κ1) is 24.5. The molecule has 2 aromatic rings. The molecule has 0 fully saturated rings. The maximum absolute atomic E-state index is 12.9. The second-order valence-electron chi connectivity index (χ2n) is 7.78. The van der Waals surface area contributed by atoms with E-state index in [1.807, 2.05) is 35.8 Å². The van der Waals surface area contributed by atoms with Crippen molar-refractivity contribution >= 4 is 17.6 Å². The van der Waals surface area contributed by atoms with Gasteiger partial charge in [0, 0.05) is 26.3 Å². The van der Waals surface area contributed by atoms with Crippen LogP contribution < -0.4 is 4.74 Å². The van der Waals surface area contributed by atoms with Gasteiger partial charge in [-0.2, -0.15) is 0 Å². The van der Waals surface area contributed by atoms with Crippen molar-refractivity contribution in [3.05, 3.63) is 81.0 Å². The standard InChI is InChI=1S/C23H28ClN5O4/c1-4-19(23(30)33-18-9-7-6-8-10-18)28-15-20(29(31)32)22(26(3)16-28)27(5-2)14-17-11-12-21(24)25-13-17/h6-13,19H,4-5,14-16H2,1-3H3. The van der Waals surface area contributed by atoms with Crippen LogP contribution in [0.4, 0.5) is 0 Å². The molecule has 2 heterocycles. The van der Waals surface area contributed by atoms with Crippen molar-refractivity contribution in [2.45, 2.75) is 32.9 Å². The number of carbonyl (C=O) groups excluding carboxylic acids is 1. The summed E-state index contributed by atoms with van der Waals surface area (Å²) in [7, 11) is 1.79. The third kappa shape index (κ3) is 6.00. The molecule has 1 aliphatic heterocycles. The minimum Gasteiger partial charge on any atom is -0.425 e. The lowest BCUT2D eigenvalue weighted by molar-refractivity contribution is -0.434. The number of nitrogens with zero attached hydrogens (tertiary/aromatic N) is 5. The zero-order valence-corrected chi connectivity index (χ0v) is 19.7. The molecule has 3 rings (SSSR count). The maximum atomic E-state index is 12.9. The minimum absolute atomic E-state index is 0.0322. The van der Waals surface area contributed by atoms with Crippen molar-refractivity contribution in [3.63, 3.8) is 0 Å². The highest BCUT2D eigenvalue weighted by Gasteiger charge is 2.38. The van der Waals surface area contributed by atoms with Crippen molar-refractivity contribution in [1.29, 1.82) is 0 Å². The largest absolute Gasteiger partial charge is 0.425 e. The molecule has 1 unspecified atom stereocenters. The van der Waals surface area contributed by atoms with Gasteiger partial charge in [-0.05, 0) is 37.1 Å². The Labute approximate surface area is 198 Å². The van der Waals surface area contributed by atoms with Crippen LogP contribution in [0, 0.1) is 10.1 Å². The summed E-state index contributed by atoms with van der Waals surface area (Å²) < 4.78 is 5.52. The summed E-state index contributed by atoms with van der Waals surface area (Å²) in [5, 5.41) is 12.5. The molecule has 0 N–H and O–H groups in total. The number of hydrogen-bond donors (Lipinski definition) is 0. The van der Waals surface area contributed by atoms with E-state index < -0.39 is 12.0 Å². The van der Waals surface area contributed by atoms with Crippen LogP contribution in [0.5, 0.6) is 5.75 Å². The first-order chi connectivity index (χ1) is 15.8. The number of hydrogen-bond acceptors (Lipinski definition) is 8. The Morgan fingerprint density at radius 1 is 1.27 bits per heavy atom. The molecule has 1 aromatic heterocycles. The van der Waals surface area contributed by atoms with Gasteiger partial charge in [0.15, 0.2) is 5.82 Å². The Hall–Kier alpha value is -3.17. The molecule has 0 amide bonds. The van der Waals surface area contributed by atoms with Gasteiger partial charge < -0.3 is 14.5 Å². The lowest BCUT2D eigenvalue weighted by Gasteiger charge is -2.41. The van der Waals surface area contributed by atoms with Gasteiger partial charge in [0.05, 0.1) is 18.1 Å². The zero-order chi connectivity index (χ0) is 24.0. The van der Waals surface area contributed by atoms with Crippen molar-refractivity contribution in [2.75, 3.05) is 26.8 Å². The minimum atomic E-state index is -0.611. The Balaban J connectivity index is 1.84. The molecule has 176 valence electrons. The maximum Gasteiger partial charge on any atom is 0.328 e. The zero-order valence-electron chi connectivity index (χ0n) is 19.0. The number of halogens is 1. The fourth-order valence-corrected chi connectivity index (χ4v) is 4.06. The van der Waals surface area contributed by atoms with Gasteiger partial charge in [-0.1, -0.05) is 42.8 Å². The monoisotopic (exact) mass is 473 g/mol. The second-order valence-corrected chi connectivity index (χ2v) is 8.16. The Bertz CT molecular complexity index is 1000. The molecule has 33 heavy (non-hydrogen) atoms. The van der Waals surface area contributed by atoms with Crippen molar-refractivity contribution in [1.82, 2.24) is 19.7 Å². The Kier molecular flexibility index (Phi) is 8.24. The lowest BCUT2D eigenvalue weighted by atomic mass is 10.1. The van der Waals surface area contributed by atoms with Gasteiger partial charge in [-0.3, -0.25) is 15.0 Å². The molecule has 1 aliphatic rings. The number of para-hydroxylation sites is 1. The quantitative estimate of drug-likeness (QED) is 0.179. The molecule has 0 spiro atoms. The van der Waals surface area contributed by atoms with Gasteiger partial charge in [0.1, 0.15) is 16.9 Å². The fraction of sp³-hybridized carbons (Fsp3) is 0.391. The van der Waals surface area contributed by atoms with Crippen LogP contribution in [0.2, 0.25) is 5.15 Å². The highest BCUT2D eigenvalue weighted by molar-refractivity contribution is 6.29. The number of benzene rings is 1. The van der Waals surface area contributed by atoms with Crippen LogP contribution in [0.15, 0.2) is 60.2 Å². The molecule has 0 saturated carbocycles. The van der Waals surface area contributed by atoms with Gasteiger partial charge in [0.25, 0.3) is 5.70 Å². The predicted molar refractivity (Wildman–Crippen MR) is 125 cm³/mol. The topological polar surface area (TPSA) is 92.0 Å². The molecule has 0 saturated heterocycles. The first-order valence-electron chi connectivity index (χ1n) is 10.8. The van der Waals surface area contributed by atoms with E-state index >= 15 is 0 Å². The smallest absolute Gasteiger partial charge is 0.328 e. The average Bonchev–Trinajstić information content (AvgIpc) is 2.80. The van der Waals surface area contributed by atoms with Gasteiger partial charge in [-0.25, -0.2) is 9.78 Å². The van der Waals surface area contributed by atoms with Crippen LogP contribution in [0.1, 0.15) is 25.8 Å². The molecule has 9 nitrogen and oxygen atoms in total. The SMILES string of the molecule is CCC(C(=O)Oc1ccccc1)N1CC([N+](=O)[O-])=C(N(CC)Cc2ccc(Cl)nc2)N(C)C1. The second kappa shape index (κ2) is 11.1. The van der Waals surface area contributed by atoms with E-state index in [1.54, 1.807) is 48.5 Å². The van der Waals surface area contributed by atoms with E-state index in [0.717, 1.165) is 5.56 Å². The number of carbonyl (C=O) groups is 1. The summed E-state index contributed by atoms with van der Waals surface area (Å²) in [4.78, 5) is 34.2. The van der Waals surface area contributed by atoms with Crippen molar-refractivity contribution in [2.24, 2.45) is 0 Å². The summed E-state index contributed by atoms with van der Waals surface area (Å²) in [6.45, 7) is 5.21. The molecular formula is C23H28ClN5O4. The lowest BCUT2D eigenvalue weighted by Crippen LogP contribution is -2.54. The van der Waals surface area contributed by atoms with Crippen LogP contribution in [0.25, 0.3) is 0 Å². The first-order valence-corrected chi connectivity index (χ1v) is 11.2. The molecule has 0 radical (unpaired) electrons. The third-order valence-electron chi connectivity index (χ3n) is 5.49. The number of nitro groups is 1. The van der Waals surface area contributed by atoms with E-state index in [4.69, 9.17) is 16.3 Å². The highest BCUT2D eigenvalue weighted by Crippen LogP contribution is 2.26. The number of ether oxygens (including phenoxy) is 1. The van der Waals surface area contributed by atoms with E-state index in [2.05, 4.69) is 4.98 Å². The van der Waals surface area contributed by atoms with Crippen LogP contribution >= 0.6 is 11.6 Å². The van der Waals surface area contributed by atoms with Gasteiger partial charge >= 0.3 is 5.97 Å². The summed E-state index contributed by atoms with van der Waals surface area (Å²) in [6, 6.07) is 11.8. The summed E-state index contributed by atoms with van der Waals surface area (Å²) in [5.41, 5.74) is 0.934. The van der Waals surface area contributed by atoms with E-state index in [1.165, 1.54) is 0 Å². The fourth-order valence-electron chi connectivity index (χ4n) is 3.95.